The molecule has 2 heterocycles. The minimum absolute atomic E-state index is 0.0903. The molecule has 2 rings (SSSR count). The zero-order valence-electron chi connectivity index (χ0n) is 19.6. The van der Waals surface area contributed by atoms with E-state index < -0.39 is 10.3 Å². The number of thioether (sulfide) groups is 1. The molecule has 1 fully saturated rings. The van der Waals surface area contributed by atoms with Gasteiger partial charge in [0, 0.05) is 24.6 Å². The van der Waals surface area contributed by atoms with Crippen LogP contribution in [-0.4, -0.2) is 51.2 Å². The van der Waals surface area contributed by atoms with E-state index in [1.807, 2.05) is 55.4 Å². The van der Waals surface area contributed by atoms with Crippen LogP contribution in [0.3, 0.4) is 0 Å². The Morgan fingerprint density at radius 1 is 1.17 bits per heavy atom. The number of ether oxygens (including phenoxy) is 1. The number of amides is 2. The summed E-state index contributed by atoms with van der Waals surface area (Å²) in [6.07, 6.45) is 1.60. The second kappa shape index (κ2) is 9.20. The van der Waals surface area contributed by atoms with Crippen LogP contribution in [-0.2, 0) is 14.9 Å². The molecular formula is C22H37N3O4S. The second-order valence-corrected chi connectivity index (χ2v) is 12.2. The Kier molecular flexibility index (Phi) is 7.54. The molecule has 0 aromatic carbocycles. The maximum absolute atomic E-state index is 12.8. The summed E-state index contributed by atoms with van der Waals surface area (Å²) < 4.78 is 10.2. The fourth-order valence-electron chi connectivity index (χ4n) is 2.95. The average Bonchev–Trinajstić information content (AvgIpc) is 3.08. The minimum Gasteiger partial charge on any atom is -0.444 e. The number of piperidine rings is 1. The van der Waals surface area contributed by atoms with Gasteiger partial charge in [-0.15, -0.1) is 11.8 Å². The van der Waals surface area contributed by atoms with Crippen LogP contribution >= 0.6 is 11.8 Å². The Bertz CT molecular complexity index is 738. The van der Waals surface area contributed by atoms with E-state index in [1.54, 1.807) is 22.7 Å². The van der Waals surface area contributed by atoms with Gasteiger partial charge >= 0.3 is 6.09 Å². The number of anilines is 1. The number of carbonyl (C=O) groups is 2. The molecule has 0 spiro atoms. The van der Waals surface area contributed by atoms with Crippen LogP contribution in [0.2, 0.25) is 0 Å². The van der Waals surface area contributed by atoms with E-state index in [9.17, 15) is 9.59 Å². The van der Waals surface area contributed by atoms with Crippen molar-refractivity contribution in [1.82, 2.24) is 10.1 Å². The number of hydrogen-bond donors (Lipinski definition) is 1. The lowest BCUT2D eigenvalue weighted by molar-refractivity contribution is -0.117. The predicted octanol–water partition coefficient (Wildman–Crippen LogP) is 5.07. The summed E-state index contributed by atoms with van der Waals surface area (Å²) in [5.41, 5.74) is -0.632. The summed E-state index contributed by atoms with van der Waals surface area (Å²) in [4.78, 5) is 26.7. The summed E-state index contributed by atoms with van der Waals surface area (Å²) >= 11 is 1.64. The smallest absolute Gasteiger partial charge is 0.410 e. The predicted molar refractivity (Wildman–Crippen MR) is 121 cm³/mol. The van der Waals surface area contributed by atoms with E-state index in [0.717, 1.165) is 24.4 Å². The Hall–Kier alpha value is -1.70. The number of carbonyl (C=O) groups excluding carboxylic acids is 2. The highest BCUT2D eigenvalue weighted by molar-refractivity contribution is 8.01. The van der Waals surface area contributed by atoms with Gasteiger partial charge in [0.15, 0.2) is 5.82 Å². The van der Waals surface area contributed by atoms with Gasteiger partial charge in [0.05, 0.1) is 4.75 Å². The van der Waals surface area contributed by atoms with Crippen LogP contribution in [0, 0.1) is 5.92 Å². The number of nitrogens with zero attached hydrogens (tertiary/aromatic N) is 2. The summed E-state index contributed by atoms with van der Waals surface area (Å²) in [5, 5.41) is 6.84. The van der Waals surface area contributed by atoms with Gasteiger partial charge in [-0.2, -0.15) is 0 Å². The number of hydrogen-bond acceptors (Lipinski definition) is 6. The fraction of sp³-hybridized carbons (Fsp3) is 0.773. The summed E-state index contributed by atoms with van der Waals surface area (Å²) in [6, 6.07) is 1.78. The average molecular weight is 440 g/mol. The molecule has 1 N–H and O–H groups in total. The zero-order valence-corrected chi connectivity index (χ0v) is 20.4. The fourth-order valence-corrected chi connectivity index (χ4v) is 4.12. The van der Waals surface area contributed by atoms with Crippen molar-refractivity contribution in [2.24, 2.45) is 5.92 Å². The van der Waals surface area contributed by atoms with Crippen molar-refractivity contribution in [2.75, 3.05) is 24.2 Å². The lowest BCUT2D eigenvalue weighted by Crippen LogP contribution is -2.42. The summed E-state index contributed by atoms with van der Waals surface area (Å²) in [5.74, 6) is 2.44. The van der Waals surface area contributed by atoms with Gasteiger partial charge in [0.1, 0.15) is 11.4 Å². The normalized spacial score (nSPS) is 16.5. The van der Waals surface area contributed by atoms with Crippen LogP contribution in [0.15, 0.2) is 10.6 Å². The molecule has 0 atom stereocenters. The van der Waals surface area contributed by atoms with Gasteiger partial charge in [-0.25, -0.2) is 4.79 Å². The first-order chi connectivity index (χ1) is 13.7. The molecule has 0 unspecified atom stereocenters. The van der Waals surface area contributed by atoms with Gasteiger partial charge in [-0.3, -0.25) is 4.79 Å². The molecule has 1 aromatic heterocycles. The number of rotatable bonds is 5. The Morgan fingerprint density at radius 3 is 2.27 bits per heavy atom. The Labute approximate surface area is 184 Å². The number of nitrogens with one attached hydrogen (secondary N) is 1. The van der Waals surface area contributed by atoms with Crippen molar-refractivity contribution in [3.05, 3.63) is 11.8 Å². The lowest BCUT2D eigenvalue weighted by atomic mass is 9.93. The molecule has 30 heavy (non-hydrogen) atoms. The molecule has 170 valence electrons. The van der Waals surface area contributed by atoms with E-state index >= 15 is 0 Å². The van der Waals surface area contributed by atoms with Gasteiger partial charge in [0.2, 0.25) is 5.91 Å². The summed E-state index contributed by atoms with van der Waals surface area (Å²) in [7, 11) is 0. The molecular weight excluding hydrogens is 402 g/mol. The van der Waals surface area contributed by atoms with E-state index in [-0.39, 0.29) is 17.4 Å². The third-order valence-electron chi connectivity index (χ3n) is 4.98. The first kappa shape index (κ1) is 24.6. The van der Waals surface area contributed by atoms with Crippen molar-refractivity contribution < 1.29 is 18.8 Å². The van der Waals surface area contributed by atoms with Crippen LogP contribution in [0.25, 0.3) is 0 Å². The van der Waals surface area contributed by atoms with Crippen LogP contribution in [0.4, 0.5) is 10.6 Å². The first-order valence-electron chi connectivity index (χ1n) is 10.6. The molecule has 0 aliphatic carbocycles. The minimum atomic E-state index is -0.594. The number of aromatic nitrogens is 1. The van der Waals surface area contributed by atoms with Crippen LogP contribution in [0.1, 0.15) is 74.0 Å². The molecule has 8 heteroatoms. The quantitative estimate of drug-likeness (QED) is 0.689. The molecule has 0 bridgehead atoms. The highest BCUT2D eigenvalue weighted by Gasteiger charge is 2.32. The SMILES string of the molecule is CC(C)(C)OC(=O)N1CCC(CSC(C)(C)C(=O)Nc2cc(C(C)(C)C)on2)CC1. The van der Waals surface area contributed by atoms with Crippen molar-refractivity contribution in [2.45, 2.75) is 84.0 Å². The Morgan fingerprint density at radius 2 is 1.77 bits per heavy atom. The van der Waals surface area contributed by atoms with Gasteiger partial charge in [-0.1, -0.05) is 25.9 Å². The zero-order chi connectivity index (χ0) is 22.7. The molecule has 1 aromatic rings. The third-order valence-corrected chi connectivity index (χ3v) is 6.53. The molecule has 2 amide bonds. The molecule has 7 nitrogen and oxygen atoms in total. The summed E-state index contributed by atoms with van der Waals surface area (Å²) in [6.45, 7) is 17.0. The van der Waals surface area contributed by atoms with E-state index in [2.05, 4.69) is 10.5 Å². The molecule has 0 saturated carbocycles. The van der Waals surface area contributed by atoms with Crippen molar-refractivity contribution in [3.63, 3.8) is 0 Å². The Balaban J connectivity index is 1.80. The van der Waals surface area contributed by atoms with E-state index in [4.69, 9.17) is 9.26 Å². The van der Waals surface area contributed by atoms with Crippen LogP contribution in [0.5, 0.6) is 0 Å². The highest BCUT2D eigenvalue weighted by Crippen LogP contribution is 2.32. The van der Waals surface area contributed by atoms with Crippen molar-refractivity contribution in [3.8, 4) is 0 Å². The molecule has 1 aliphatic rings. The molecule has 1 saturated heterocycles. The largest absolute Gasteiger partial charge is 0.444 e. The topological polar surface area (TPSA) is 84.7 Å². The van der Waals surface area contributed by atoms with Crippen molar-refractivity contribution >= 4 is 29.6 Å². The van der Waals surface area contributed by atoms with E-state index in [1.165, 1.54) is 0 Å². The molecule has 1 aliphatic heterocycles. The van der Waals surface area contributed by atoms with E-state index in [0.29, 0.717) is 24.8 Å². The van der Waals surface area contributed by atoms with Crippen LogP contribution < -0.4 is 5.32 Å². The third kappa shape index (κ3) is 7.22. The number of likely N-dealkylation sites (tertiary alicyclic amines) is 1. The second-order valence-electron chi connectivity index (χ2n) is 10.5. The first-order valence-corrected chi connectivity index (χ1v) is 11.6. The van der Waals surface area contributed by atoms with Gasteiger partial charge in [0.25, 0.3) is 0 Å². The van der Waals surface area contributed by atoms with Crippen molar-refractivity contribution in [1.29, 1.82) is 0 Å². The monoisotopic (exact) mass is 439 g/mol. The standard InChI is InChI=1S/C22H37N3O4S/c1-20(2,3)16-13-17(24-29-16)23-18(26)22(7,8)30-14-15-9-11-25(12-10-15)19(27)28-21(4,5)6/h13,15H,9-12,14H2,1-8H3,(H,23,24,26). The maximum atomic E-state index is 12.8. The van der Waals surface area contributed by atoms with Gasteiger partial charge < -0.3 is 19.5 Å². The lowest BCUT2D eigenvalue weighted by Gasteiger charge is -2.34. The highest BCUT2D eigenvalue weighted by atomic mass is 32.2. The molecule has 0 radical (unpaired) electrons. The van der Waals surface area contributed by atoms with Gasteiger partial charge in [-0.05, 0) is 59.1 Å². The maximum Gasteiger partial charge on any atom is 0.410 e.